The van der Waals surface area contributed by atoms with Crippen molar-refractivity contribution in [2.45, 2.75) is 91.9 Å². The molecule has 2 aliphatic rings. The van der Waals surface area contributed by atoms with Gasteiger partial charge in [-0.1, -0.05) is 98.5 Å². The van der Waals surface area contributed by atoms with E-state index in [1.807, 2.05) is 13.8 Å². The van der Waals surface area contributed by atoms with Crippen LogP contribution in [-0.2, 0) is 0 Å². The molecule has 2 nitrogen and oxygen atoms in total. The van der Waals surface area contributed by atoms with Gasteiger partial charge in [0.25, 0.3) is 0 Å². The molecule has 0 saturated heterocycles. The number of nitrogens with one attached hydrogen (secondary N) is 1. The summed E-state index contributed by atoms with van der Waals surface area (Å²) in [4.78, 5) is 0. The third-order valence-corrected chi connectivity index (χ3v) is 4.11. The summed E-state index contributed by atoms with van der Waals surface area (Å²) in [5.74, 6) is 2.58. The lowest BCUT2D eigenvalue weighted by molar-refractivity contribution is 0.385. The second-order valence-electron chi connectivity index (χ2n) is 6.26. The minimum absolute atomic E-state index is 0.505. The summed E-state index contributed by atoms with van der Waals surface area (Å²) in [6.07, 6.45) is 14.9. The average Bonchev–Trinajstić information content (AvgIpc) is 2.52. The van der Waals surface area contributed by atoms with Crippen LogP contribution in [0.1, 0.15) is 91.9 Å². The molecule has 0 heterocycles. The van der Waals surface area contributed by atoms with Crippen molar-refractivity contribution in [1.29, 1.82) is 0 Å². The first-order valence-corrected chi connectivity index (χ1v) is 9.18. The molecule has 0 radical (unpaired) electrons. The molecule has 2 heteroatoms. The van der Waals surface area contributed by atoms with Crippen molar-refractivity contribution in [3.63, 3.8) is 0 Å². The molecule has 2 aliphatic carbocycles. The monoisotopic (exact) mass is 298 g/mol. The van der Waals surface area contributed by atoms with Crippen molar-refractivity contribution in [1.82, 2.24) is 5.32 Å². The number of hydrogen-bond acceptors (Lipinski definition) is 2. The van der Waals surface area contributed by atoms with Crippen LogP contribution in [0.4, 0.5) is 0 Å². The van der Waals surface area contributed by atoms with Crippen LogP contribution in [0.2, 0.25) is 0 Å². The van der Waals surface area contributed by atoms with E-state index in [1.54, 1.807) is 7.05 Å². The standard InChI is InChI=1S/2C7H14.C3H8N2.C2H6/c2*1-7-5-3-2-4-6-7;1-3(4)5-2;1-2/h2*7H,2-6H2,1H3;5H,1,4H2,2H3;1-2H3. The van der Waals surface area contributed by atoms with Crippen molar-refractivity contribution in [3.05, 3.63) is 12.4 Å². The van der Waals surface area contributed by atoms with Gasteiger partial charge in [0.1, 0.15) is 0 Å². The predicted octanol–water partition coefficient (Wildman–Crippen LogP) is 5.84. The van der Waals surface area contributed by atoms with Crippen molar-refractivity contribution in [2.75, 3.05) is 7.05 Å². The lowest BCUT2D eigenvalue weighted by Crippen LogP contribution is -2.11. The van der Waals surface area contributed by atoms with E-state index in [2.05, 4.69) is 25.7 Å². The summed E-state index contributed by atoms with van der Waals surface area (Å²) in [5, 5.41) is 2.61. The smallest absolute Gasteiger partial charge is 0.0883 e. The van der Waals surface area contributed by atoms with Gasteiger partial charge in [0.2, 0.25) is 0 Å². The third kappa shape index (κ3) is 19.3. The van der Waals surface area contributed by atoms with E-state index in [-0.39, 0.29) is 0 Å². The molecule has 0 aromatic carbocycles. The zero-order valence-corrected chi connectivity index (χ0v) is 15.5. The van der Waals surface area contributed by atoms with Crippen molar-refractivity contribution in [3.8, 4) is 0 Å². The second-order valence-corrected chi connectivity index (χ2v) is 6.26. The van der Waals surface area contributed by atoms with E-state index in [0.717, 1.165) is 11.8 Å². The molecule has 0 aliphatic heterocycles. The Hall–Kier alpha value is -0.660. The fraction of sp³-hybridized carbons (Fsp3) is 0.895. The maximum atomic E-state index is 4.99. The van der Waals surface area contributed by atoms with Crippen molar-refractivity contribution >= 4 is 0 Å². The van der Waals surface area contributed by atoms with Crippen LogP contribution in [0.3, 0.4) is 0 Å². The summed E-state index contributed by atoms with van der Waals surface area (Å²) in [6.45, 7) is 12.1. The minimum atomic E-state index is 0.505. The summed E-state index contributed by atoms with van der Waals surface area (Å²) in [5.41, 5.74) is 4.99. The van der Waals surface area contributed by atoms with E-state index < -0.39 is 0 Å². The van der Waals surface area contributed by atoms with Crippen LogP contribution in [-0.4, -0.2) is 7.05 Å². The van der Waals surface area contributed by atoms with Gasteiger partial charge in [0, 0.05) is 7.05 Å². The topological polar surface area (TPSA) is 38.0 Å². The van der Waals surface area contributed by atoms with Gasteiger partial charge in [-0.05, 0) is 11.8 Å². The van der Waals surface area contributed by atoms with Crippen LogP contribution >= 0.6 is 0 Å². The molecule has 128 valence electrons. The molecule has 0 spiro atoms. The molecule has 0 bridgehead atoms. The van der Waals surface area contributed by atoms with Crippen LogP contribution in [0.5, 0.6) is 0 Å². The molecule has 0 atom stereocenters. The SMILES string of the molecule is C=C(N)NC.CC.CC1CCCCC1.CC1CCCCC1. The highest BCUT2D eigenvalue weighted by molar-refractivity contribution is 4.78. The number of rotatable bonds is 1. The molecule has 2 saturated carbocycles. The Kier molecular flexibility index (Phi) is 18.7. The minimum Gasteiger partial charge on any atom is -0.386 e. The van der Waals surface area contributed by atoms with E-state index in [0.29, 0.717) is 5.82 Å². The van der Waals surface area contributed by atoms with Crippen molar-refractivity contribution < 1.29 is 0 Å². The molecule has 0 amide bonds. The Balaban J connectivity index is 0. The second kappa shape index (κ2) is 17.4. The normalized spacial score (nSPS) is 18.7. The molecule has 3 N–H and O–H groups in total. The first kappa shape index (κ1) is 22.6. The Morgan fingerprint density at radius 2 is 1.05 bits per heavy atom. The zero-order valence-electron chi connectivity index (χ0n) is 15.5. The summed E-state index contributed by atoms with van der Waals surface area (Å²) < 4.78 is 0. The molecule has 21 heavy (non-hydrogen) atoms. The van der Waals surface area contributed by atoms with Gasteiger partial charge < -0.3 is 11.1 Å². The Morgan fingerprint density at radius 3 is 1.14 bits per heavy atom. The first-order valence-electron chi connectivity index (χ1n) is 9.18. The lowest BCUT2D eigenvalue weighted by Gasteiger charge is -2.15. The lowest BCUT2D eigenvalue weighted by atomic mass is 9.91. The van der Waals surface area contributed by atoms with E-state index >= 15 is 0 Å². The molecular formula is C19H42N2. The fourth-order valence-corrected chi connectivity index (χ4v) is 2.61. The van der Waals surface area contributed by atoms with Gasteiger partial charge in [0.05, 0.1) is 5.82 Å². The Morgan fingerprint density at radius 1 is 0.810 bits per heavy atom. The highest BCUT2D eigenvalue weighted by atomic mass is 14.9. The fourth-order valence-electron chi connectivity index (χ4n) is 2.61. The van der Waals surface area contributed by atoms with Gasteiger partial charge in [-0.15, -0.1) is 0 Å². The van der Waals surface area contributed by atoms with E-state index in [1.165, 1.54) is 64.2 Å². The molecular weight excluding hydrogens is 256 g/mol. The third-order valence-electron chi connectivity index (χ3n) is 4.11. The predicted molar refractivity (Wildman–Crippen MR) is 98.2 cm³/mol. The molecule has 0 unspecified atom stereocenters. The quantitative estimate of drug-likeness (QED) is 0.638. The van der Waals surface area contributed by atoms with Crippen LogP contribution in [0.25, 0.3) is 0 Å². The highest BCUT2D eigenvalue weighted by Crippen LogP contribution is 2.22. The van der Waals surface area contributed by atoms with Gasteiger partial charge in [-0.3, -0.25) is 0 Å². The van der Waals surface area contributed by atoms with Crippen LogP contribution < -0.4 is 11.1 Å². The molecule has 0 aromatic rings. The highest BCUT2D eigenvalue weighted by Gasteiger charge is 2.06. The summed E-state index contributed by atoms with van der Waals surface area (Å²) in [6, 6.07) is 0. The Bertz CT molecular complexity index is 186. The Labute approximate surface area is 135 Å². The molecule has 0 aromatic heterocycles. The zero-order chi connectivity index (χ0) is 16.5. The molecule has 2 rings (SSSR count). The van der Waals surface area contributed by atoms with Gasteiger partial charge in [0.15, 0.2) is 0 Å². The largest absolute Gasteiger partial charge is 0.386 e. The van der Waals surface area contributed by atoms with Gasteiger partial charge in [-0.2, -0.15) is 0 Å². The average molecular weight is 299 g/mol. The van der Waals surface area contributed by atoms with Crippen LogP contribution in [0, 0.1) is 11.8 Å². The van der Waals surface area contributed by atoms with E-state index in [4.69, 9.17) is 5.73 Å². The first-order chi connectivity index (χ1) is 10.1. The van der Waals surface area contributed by atoms with Gasteiger partial charge >= 0.3 is 0 Å². The van der Waals surface area contributed by atoms with Crippen molar-refractivity contribution in [2.24, 2.45) is 17.6 Å². The maximum Gasteiger partial charge on any atom is 0.0883 e. The van der Waals surface area contributed by atoms with Gasteiger partial charge in [-0.25, -0.2) is 0 Å². The number of nitrogens with two attached hydrogens (primary N) is 1. The van der Waals surface area contributed by atoms with E-state index in [9.17, 15) is 0 Å². The summed E-state index contributed by atoms with van der Waals surface area (Å²) in [7, 11) is 1.72. The van der Waals surface area contributed by atoms with Crippen LogP contribution in [0.15, 0.2) is 12.4 Å². The maximum absolute atomic E-state index is 4.99. The molecule has 2 fully saturated rings. The summed E-state index contributed by atoms with van der Waals surface area (Å²) >= 11 is 0. The number of hydrogen-bond donors (Lipinski definition) is 2.